The normalized spacial score (nSPS) is 14.9. The van der Waals surface area contributed by atoms with Gasteiger partial charge in [-0.3, -0.25) is 4.79 Å². The Balaban J connectivity index is 2.70. The van der Waals surface area contributed by atoms with Gasteiger partial charge in [0, 0.05) is 11.4 Å². The second-order valence-corrected chi connectivity index (χ2v) is 4.16. The van der Waals surface area contributed by atoms with Crippen LogP contribution in [-0.2, 0) is 11.2 Å². The standard InChI is InChI=1S/C9H13NO4S/c10-3-7(11)9(14)5-1-6(15-4-5)2-8(12)13/h1,4,7,9,11,14H,2-3,10H2,(H,12,13). The lowest BCUT2D eigenvalue weighted by atomic mass is 10.1. The molecule has 0 aliphatic heterocycles. The molecule has 15 heavy (non-hydrogen) atoms. The number of hydrogen-bond acceptors (Lipinski definition) is 5. The number of thiophene rings is 1. The van der Waals surface area contributed by atoms with Crippen molar-refractivity contribution in [2.24, 2.45) is 5.73 Å². The topological polar surface area (TPSA) is 104 Å². The minimum atomic E-state index is -1.05. The largest absolute Gasteiger partial charge is 0.481 e. The van der Waals surface area contributed by atoms with Crippen molar-refractivity contribution in [3.05, 3.63) is 21.9 Å². The highest BCUT2D eigenvalue weighted by Crippen LogP contribution is 2.23. The molecule has 0 saturated heterocycles. The van der Waals surface area contributed by atoms with Gasteiger partial charge in [0.25, 0.3) is 0 Å². The molecule has 1 aromatic rings. The molecule has 0 aromatic carbocycles. The zero-order valence-electron chi connectivity index (χ0n) is 7.96. The average Bonchev–Trinajstić information content (AvgIpc) is 2.63. The molecule has 5 nitrogen and oxygen atoms in total. The molecule has 5 N–H and O–H groups in total. The molecule has 2 unspecified atom stereocenters. The van der Waals surface area contributed by atoms with Crippen LogP contribution in [0.1, 0.15) is 16.5 Å². The van der Waals surface area contributed by atoms with E-state index in [9.17, 15) is 15.0 Å². The van der Waals surface area contributed by atoms with E-state index in [1.807, 2.05) is 0 Å². The molecule has 0 saturated carbocycles. The second-order valence-electron chi connectivity index (χ2n) is 3.16. The number of carboxylic acid groups (broad SMARTS) is 1. The maximum absolute atomic E-state index is 10.4. The lowest BCUT2D eigenvalue weighted by Gasteiger charge is -2.14. The summed E-state index contributed by atoms with van der Waals surface area (Å²) in [5.74, 6) is -0.919. The monoisotopic (exact) mass is 231 g/mol. The van der Waals surface area contributed by atoms with Gasteiger partial charge in [-0.05, 0) is 17.0 Å². The number of carbonyl (C=O) groups is 1. The SMILES string of the molecule is NCC(O)C(O)c1csc(CC(=O)O)c1. The molecule has 0 aliphatic carbocycles. The molecule has 0 aliphatic rings. The summed E-state index contributed by atoms with van der Waals surface area (Å²) in [6.45, 7) is -0.0364. The van der Waals surface area contributed by atoms with Crippen LogP contribution in [0.25, 0.3) is 0 Å². The molecule has 1 rings (SSSR count). The van der Waals surface area contributed by atoms with Crippen molar-refractivity contribution >= 4 is 17.3 Å². The first-order valence-electron chi connectivity index (χ1n) is 4.40. The van der Waals surface area contributed by atoms with Crippen molar-refractivity contribution in [1.29, 1.82) is 0 Å². The molecule has 0 amide bonds. The second kappa shape index (κ2) is 5.22. The van der Waals surface area contributed by atoms with Crippen LogP contribution < -0.4 is 5.73 Å². The fourth-order valence-electron chi connectivity index (χ4n) is 1.15. The maximum Gasteiger partial charge on any atom is 0.308 e. The first-order chi connectivity index (χ1) is 7.04. The van der Waals surface area contributed by atoms with Crippen molar-refractivity contribution in [3.63, 3.8) is 0 Å². The molecule has 0 bridgehead atoms. The summed E-state index contributed by atoms with van der Waals surface area (Å²) in [4.78, 5) is 11.1. The highest BCUT2D eigenvalue weighted by Gasteiger charge is 2.18. The Morgan fingerprint density at radius 3 is 2.73 bits per heavy atom. The summed E-state index contributed by atoms with van der Waals surface area (Å²) in [5.41, 5.74) is 5.71. The summed E-state index contributed by atoms with van der Waals surface area (Å²) >= 11 is 1.24. The van der Waals surface area contributed by atoms with Gasteiger partial charge in [-0.15, -0.1) is 11.3 Å². The van der Waals surface area contributed by atoms with E-state index in [-0.39, 0.29) is 13.0 Å². The Labute approximate surface area is 90.8 Å². The highest BCUT2D eigenvalue weighted by atomic mass is 32.1. The zero-order chi connectivity index (χ0) is 11.4. The molecule has 0 spiro atoms. The van der Waals surface area contributed by atoms with Crippen molar-refractivity contribution < 1.29 is 20.1 Å². The van der Waals surface area contributed by atoms with E-state index in [4.69, 9.17) is 10.8 Å². The number of aliphatic hydroxyl groups excluding tert-OH is 2. The van der Waals surface area contributed by atoms with Crippen LogP contribution in [0.2, 0.25) is 0 Å². The first kappa shape index (κ1) is 12.1. The van der Waals surface area contributed by atoms with Crippen LogP contribution in [0.5, 0.6) is 0 Å². The minimum absolute atomic E-state index is 0.0364. The summed E-state index contributed by atoms with van der Waals surface area (Å²) in [6.07, 6.45) is -2.14. The Kier molecular flexibility index (Phi) is 4.22. The molecule has 84 valence electrons. The van der Waals surface area contributed by atoms with Crippen molar-refractivity contribution in [2.45, 2.75) is 18.6 Å². The predicted molar refractivity (Wildman–Crippen MR) is 55.7 cm³/mol. The number of aliphatic carboxylic acids is 1. The molecule has 1 aromatic heterocycles. The Morgan fingerprint density at radius 1 is 1.53 bits per heavy atom. The fourth-order valence-corrected chi connectivity index (χ4v) is 2.05. The summed E-state index contributed by atoms with van der Waals surface area (Å²) in [6, 6.07) is 1.57. The van der Waals surface area contributed by atoms with Gasteiger partial charge in [-0.25, -0.2) is 0 Å². The van der Waals surface area contributed by atoms with Crippen molar-refractivity contribution in [3.8, 4) is 0 Å². The van der Waals surface area contributed by atoms with Crippen molar-refractivity contribution in [2.75, 3.05) is 6.54 Å². The van der Waals surface area contributed by atoms with E-state index in [1.165, 1.54) is 11.3 Å². The lowest BCUT2D eigenvalue weighted by molar-refractivity contribution is -0.136. The van der Waals surface area contributed by atoms with Crippen molar-refractivity contribution in [1.82, 2.24) is 0 Å². The number of rotatable bonds is 5. The highest BCUT2D eigenvalue weighted by molar-refractivity contribution is 7.10. The molecule has 0 radical (unpaired) electrons. The van der Waals surface area contributed by atoms with E-state index in [2.05, 4.69) is 0 Å². The minimum Gasteiger partial charge on any atom is -0.481 e. The first-order valence-corrected chi connectivity index (χ1v) is 5.28. The Hall–Kier alpha value is -0.950. The van der Waals surface area contributed by atoms with Gasteiger partial charge in [0.05, 0.1) is 12.5 Å². The number of nitrogens with two attached hydrogens (primary N) is 1. The van der Waals surface area contributed by atoms with Crippen LogP contribution in [-0.4, -0.2) is 33.9 Å². The fraction of sp³-hybridized carbons (Fsp3) is 0.444. The van der Waals surface area contributed by atoms with Gasteiger partial charge >= 0.3 is 5.97 Å². The molecular weight excluding hydrogens is 218 g/mol. The molecule has 6 heteroatoms. The van der Waals surface area contributed by atoms with E-state index in [1.54, 1.807) is 11.4 Å². The van der Waals surface area contributed by atoms with Crippen LogP contribution in [0, 0.1) is 0 Å². The van der Waals surface area contributed by atoms with Gasteiger partial charge in [-0.1, -0.05) is 0 Å². The van der Waals surface area contributed by atoms with E-state index in [0.717, 1.165) is 0 Å². The molecule has 1 heterocycles. The molecular formula is C9H13NO4S. The number of hydrogen-bond donors (Lipinski definition) is 4. The van der Waals surface area contributed by atoms with E-state index >= 15 is 0 Å². The predicted octanol–water partition coefficient (Wildman–Crippen LogP) is -0.272. The van der Waals surface area contributed by atoms with E-state index < -0.39 is 18.2 Å². The van der Waals surface area contributed by atoms with Gasteiger partial charge in [-0.2, -0.15) is 0 Å². The third kappa shape index (κ3) is 3.28. The van der Waals surface area contributed by atoms with Gasteiger partial charge in [0.15, 0.2) is 0 Å². The van der Waals surface area contributed by atoms with Crippen LogP contribution in [0.4, 0.5) is 0 Å². The van der Waals surface area contributed by atoms with Gasteiger partial charge in [0.1, 0.15) is 6.10 Å². The lowest BCUT2D eigenvalue weighted by Crippen LogP contribution is -2.26. The van der Waals surface area contributed by atoms with Gasteiger partial charge < -0.3 is 21.1 Å². The number of carboxylic acids is 1. The van der Waals surface area contributed by atoms with Crippen LogP contribution in [0.3, 0.4) is 0 Å². The quantitative estimate of drug-likeness (QED) is 0.558. The molecule has 0 fully saturated rings. The maximum atomic E-state index is 10.4. The average molecular weight is 231 g/mol. The third-order valence-electron chi connectivity index (χ3n) is 1.95. The number of aliphatic hydroxyl groups is 2. The molecule has 2 atom stereocenters. The Bertz CT molecular complexity index is 339. The smallest absolute Gasteiger partial charge is 0.308 e. The summed E-state index contributed by atoms with van der Waals surface area (Å²) in [5, 5.41) is 29.0. The zero-order valence-corrected chi connectivity index (χ0v) is 8.78. The Morgan fingerprint density at radius 2 is 2.20 bits per heavy atom. The van der Waals surface area contributed by atoms with E-state index in [0.29, 0.717) is 10.4 Å². The van der Waals surface area contributed by atoms with Crippen LogP contribution in [0.15, 0.2) is 11.4 Å². The summed E-state index contributed by atoms with van der Waals surface area (Å²) in [7, 11) is 0. The summed E-state index contributed by atoms with van der Waals surface area (Å²) < 4.78 is 0. The van der Waals surface area contributed by atoms with Gasteiger partial charge in [0.2, 0.25) is 0 Å². The third-order valence-corrected chi connectivity index (χ3v) is 2.90. The van der Waals surface area contributed by atoms with Crippen LogP contribution >= 0.6 is 11.3 Å².